The molecule has 0 bridgehead atoms. The molecule has 1 aliphatic rings. The fourth-order valence-corrected chi connectivity index (χ4v) is 4.89. The smallest absolute Gasteiger partial charge is 0.201 e. The SMILES string of the molecule is CCNc1nc2ccc(-c3ccc4c(c3)CN(c3ncnc(Nc5ccc(OC)cc5)c3C)CCO4)cc2[nH]1. The Morgan fingerprint density at radius 1 is 1.03 bits per heavy atom. The topological polar surface area (TPSA) is 100 Å². The molecule has 3 N–H and O–H groups in total. The second-order valence-electron chi connectivity index (χ2n) is 9.46. The van der Waals surface area contributed by atoms with Crippen LogP contribution in [0.5, 0.6) is 11.5 Å². The molecule has 5 aromatic rings. The summed E-state index contributed by atoms with van der Waals surface area (Å²) in [6.45, 7) is 6.90. The highest BCUT2D eigenvalue weighted by Crippen LogP contribution is 2.33. The molecule has 0 saturated heterocycles. The van der Waals surface area contributed by atoms with Crippen LogP contribution < -0.4 is 25.0 Å². The van der Waals surface area contributed by atoms with Crippen LogP contribution in [0.1, 0.15) is 18.1 Å². The summed E-state index contributed by atoms with van der Waals surface area (Å²) in [6.07, 6.45) is 1.61. The van der Waals surface area contributed by atoms with Gasteiger partial charge in [-0.05, 0) is 73.5 Å². The van der Waals surface area contributed by atoms with Crippen LogP contribution in [0, 0.1) is 6.92 Å². The minimum Gasteiger partial charge on any atom is -0.497 e. The number of aromatic amines is 1. The Labute approximate surface area is 227 Å². The molecule has 3 heterocycles. The Morgan fingerprint density at radius 3 is 2.67 bits per heavy atom. The van der Waals surface area contributed by atoms with Gasteiger partial charge in [-0.15, -0.1) is 0 Å². The van der Waals surface area contributed by atoms with Gasteiger partial charge in [0.15, 0.2) is 0 Å². The quantitative estimate of drug-likeness (QED) is 0.243. The first-order valence-corrected chi connectivity index (χ1v) is 13.1. The number of hydrogen-bond donors (Lipinski definition) is 3. The first-order valence-electron chi connectivity index (χ1n) is 13.1. The maximum absolute atomic E-state index is 6.14. The summed E-state index contributed by atoms with van der Waals surface area (Å²) in [4.78, 5) is 19.4. The van der Waals surface area contributed by atoms with Gasteiger partial charge in [0.1, 0.15) is 36.1 Å². The van der Waals surface area contributed by atoms with E-state index in [2.05, 4.69) is 78.8 Å². The molecule has 0 fully saturated rings. The van der Waals surface area contributed by atoms with Crippen molar-refractivity contribution in [3.63, 3.8) is 0 Å². The molecule has 1 aliphatic heterocycles. The molecule has 6 rings (SSSR count). The molecule has 0 amide bonds. The fourth-order valence-electron chi connectivity index (χ4n) is 4.89. The van der Waals surface area contributed by atoms with Crippen molar-refractivity contribution in [2.75, 3.05) is 42.3 Å². The van der Waals surface area contributed by atoms with Crippen molar-refractivity contribution in [2.24, 2.45) is 0 Å². The zero-order valence-electron chi connectivity index (χ0n) is 22.3. The van der Waals surface area contributed by atoms with Crippen molar-refractivity contribution in [3.05, 3.63) is 78.1 Å². The van der Waals surface area contributed by atoms with E-state index in [1.165, 1.54) is 0 Å². The predicted octanol–water partition coefficient (Wildman–Crippen LogP) is 5.91. The van der Waals surface area contributed by atoms with Crippen molar-refractivity contribution >= 4 is 34.3 Å². The number of benzene rings is 3. The molecule has 0 unspecified atom stereocenters. The number of ether oxygens (including phenoxy) is 2. The zero-order chi connectivity index (χ0) is 26.8. The van der Waals surface area contributed by atoms with Crippen LogP contribution in [0.2, 0.25) is 0 Å². The second-order valence-corrected chi connectivity index (χ2v) is 9.46. The van der Waals surface area contributed by atoms with Gasteiger partial charge in [0.25, 0.3) is 0 Å². The van der Waals surface area contributed by atoms with Crippen LogP contribution in [-0.2, 0) is 6.54 Å². The number of imidazole rings is 1. The minimum atomic E-state index is 0.574. The summed E-state index contributed by atoms with van der Waals surface area (Å²) in [5, 5.41) is 6.66. The number of hydrogen-bond acceptors (Lipinski definition) is 8. The molecular weight excluding hydrogens is 490 g/mol. The number of rotatable bonds is 7. The van der Waals surface area contributed by atoms with E-state index in [9.17, 15) is 0 Å². The molecule has 0 spiro atoms. The lowest BCUT2D eigenvalue weighted by Crippen LogP contribution is -2.27. The van der Waals surface area contributed by atoms with Crippen LogP contribution >= 0.6 is 0 Å². The predicted molar refractivity (Wildman–Crippen MR) is 155 cm³/mol. The van der Waals surface area contributed by atoms with Gasteiger partial charge >= 0.3 is 0 Å². The molecule has 198 valence electrons. The van der Waals surface area contributed by atoms with E-state index >= 15 is 0 Å². The molecule has 9 nitrogen and oxygen atoms in total. The van der Waals surface area contributed by atoms with E-state index in [1.54, 1.807) is 13.4 Å². The Balaban J connectivity index is 1.27. The van der Waals surface area contributed by atoms with Gasteiger partial charge in [-0.2, -0.15) is 0 Å². The van der Waals surface area contributed by atoms with Crippen molar-refractivity contribution < 1.29 is 9.47 Å². The summed E-state index contributed by atoms with van der Waals surface area (Å²) in [5.41, 5.74) is 7.23. The van der Waals surface area contributed by atoms with E-state index in [-0.39, 0.29) is 0 Å². The highest BCUT2D eigenvalue weighted by Gasteiger charge is 2.21. The Bertz CT molecular complexity index is 1610. The maximum Gasteiger partial charge on any atom is 0.201 e. The average Bonchev–Trinajstić information content (AvgIpc) is 3.24. The molecule has 0 aliphatic carbocycles. The van der Waals surface area contributed by atoms with Gasteiger partial charge in [0.2, 0.25) is 5.95 Å². The van der Waals surface area contributed by atoms with Gasteiger partial charge in [0, 0.05) is 29.9 Å². The lowest BCUT2D eigenvalue weighted by molar-refractivity contribution is 0.331. The number of anilines is 4. The van der Waals surface area contributed by atoms with Gasteiger partial charge in [-0.1, -0.05) is 12.1 Å². The first kappa shape index (κ1) is 24.5. The Kier molecular flexibility index (Phi) is 6.62. The third kappa shape index (κ3) is 5.03. The highest BCUT2D eigenvalue weighted by atomic mass is 16.5. The monoisotopic (exact) mass is 521 g/mol. The number of nitrogens with one attached hydrogen (secondary N) is 3. The van der Waals surface area contributed by atoms with E-state index < -0.39 is 0 Å². The number of fused-ring (bicyclic) bond motifs is 2. The molecule has 9 heteroatoms. The lowest BCUT2D eigenvalue weighted by Gasteiger charge is -2.24. The van der Waals surface area contributed by atoms with E-state index in [0.29, 0.717) is 13.2 Å². The standard InChI is InChI=1S/C30H31N7O2/c1-4-31-30-35-25-11-5-21(16-26(25)36-30)20-6-12-27-22(15-20)17-37(13-14-39-27)29-19(2)28(32-18-33-29)34-23-7-9-24(38-3)10-8-23/h5-12,15-16,18H,4,13-14,17H2,1-3H3,(H2,31,35,36)(H,32,33,34). The summed E-state index contributed by atoms with van der Waals surface area (Å²) >= 11 is 0. The molecule has 3 aromatic carbocycles. The fraction of sp³-hybridized carbons (Fsp3) is 0.233. The molecule has 0 radical (unpaired) electrons. The van der Waals surface area contributed by atoms with Crippen LogP contribution in [-0.4, -0.2) is 46.7 Å². The van der Waals surface area contributed by atoms with Gasteiger partial charge < -0.3 is 30.0 Å². The minimum absolute atomic E-state index is 0.574. The Hall–Kier alpha value is -4.79. The third-order valence-corrected chi connectivity index (χ3v) is 6.91. The largest absolute Gasteiger partial charge is 0.497 e. The summed E-state index contributed by atoms with van der Waals surface area (Å²) in [7, 11) is 1.66. The number of methoxy groups -OCH3 is 1. The van der Waals surface area contributed by atoms with E-state index in [0.717, 1.165) is 81.1 Å². The number of aromatic nitrogens is 4. The normalized spacial score (nSPS) is 12.9. The van der Waals surface area contributed by atoms with Crippen molar-refractivity contribution in [2.45, 2.75) is 20.4 Å². The lowest BCUT2D eigenvalue weighted by atomic mass is 10.0. The van der Waals surface area contributed by atoms with Crippen molar-refractivity contribution in [1.82, 2.24) is 19.9 Å². The molecular formula is C30H31N7O2. The number of H-pyrrole nitrogens is 1. The van der Waals surface area contributed by atoms with Crippen LogP contribution in [0.25, 0.3) is 22.2 Å². The van der Waals surface area contributed by atoms with Crippen LogP contribution in [0.3, 0.4) is 0 Å². The molecule has 2 aromatic heterocycles. The summed E-state index contributed by atoms with van der Waals surface area (Å²) in [6, 6.07) is 20.5. The van der Waals surface area contributed by atoms with Crippen LogP contribution in [0.15, 0.2) is 67.0 Å². The summed E-state index contributed by atoms with van der Waals surface area (Å²) < 4.78 is 11.4. The van der Waals surface area contributed by atoms with Crippen molar-refractivity contribution in [3.8, 4) is 22.6 Å². The average molecular weight is 522 g/mol. The maximum atomic E-state index is 6.14. The molecule has 39 heavy (non-hydrogen) atoms. The van der Waals surface area contributed by atoms with Gasteiger partial charge in [-0.3, -0.25) is 0 Å². The molecule has 0 atom stereocenters. The van der Waals surface area contributed by atoms with Crippen LogP contribution in [0.4, 0.5) is 23.3 Å². The van der Waals surface area contributed by atoms with E-state index in [1.807, 2.05) is 31.2 Å². The zero-order valence-corrected chi connectivity index (χ0v) is 22.3. The molecule has 0 saturated carbocycles. The van der Waals surface area contributed by atoms with Gasteiger partial charge in [-0.25, -0.2) is 15.0 Å². The Morgan fingerprint density at radius 2 is 1.85 bits per heavy atom. The van der Waals surface area contributed by atoms with Gasteiger partial charge in [0.05, 0.1) is 24.7 Å². The summed E-state index contributed by atoms with van der Waals surface area (Å²) in [5.74, 6) is 4.16. The van der Waals surface area contributed by atoms with E-state index in [4.69, 9.17) is 9.47 Å². The third-order valence-electron chi connectivity index (χ3n) is 6.91. The second kappa shape index (κ2) is 10.5. The number of nitrogens with zero attached hydrogens (tertiary/aromatic N) is 4. The van der Waals surface area contributed by atoms with Crippen molar-refractivity contribution in [1.29, 1.82) is 0 Å². The first-order chi connectivity index (χ1) is 19.1. The highest BCUT2D eigenvalue weighted by molar-refractivity contribution is 5.84.